The van der Waals surface area contributed by atoms with Crippen LogP contribution < -0.4 is 0 Å². The van der Waals surface area contributed by atoms with E-state index in [0.29, 0.717) is 0 Å². The smallest absolute Gasteiger partial charge is 0.162 e. The molecule has 1 fully saturated rings. The maximum absolute atomic E-state index is 13.2. The lowest BCUT2D eigenvalue weighted by Crippen LogP contribution is -2.46. The van der Waals surface area contributed by atoms with Crippen LogP contribution >= 0.6 is 0 Å². The molecule has 0 aromatic carbocycles. The second kappa shape index (κ2) is 2.96. The number of hydrogen-bond donors (Lipinski definition) is 0. The molecule has 0 aliphatic carbocycles. The van der Waals surface area contributed by atoms with Crippen LogP contribution in [-0.2, 0) is 9.47 Å². The molecule has 0 aromatic heterocycles. The molecule has 0 atom stereocenters. The zero-order valence-corrected chi connectivity index (χ0v) is 8.19. The van der Waals surface area contributed by atoms with Crippen molar-refractivity contribution >= 4 is 0 Å². The lowest BCUT2D eigenvalue weighted by atomic mass is 9.95. The first kappa shape index (κ1) is 9.93. The van der Waals surface area contributed by atoms with Gasteiger partial charge in [-0.1, -0.05) is 20.8 Å². The van der Waals surface area contributed by atoms with Gasteiger partial charge >= 0.3 is 0 Å². The molecule has 0 spiro atoms. The Bertz CT molecular complexity index is 150. The summed E-state index contributed by atoms with van der Waals surface area (Å²) < 4.78 is 23.7. The predicted molar refractivity (Wildman–Crippen MR) is 44.7 cm³/mol. The predicted octanol–water partition coefficient (Wildman–Crippen LogP) is 2.13. The lowest BCUT2D eigenvalue weighted by molar-refractivity contribution is -0.264. The quantitative estimate of drug-likeness (QED) is 0.563. The molecule has 3 heteroatoms. The molecule has 0 radical (unpaired) electrons. The van der Waals surface area contributed by atoms with Crippen LogP contribution in [0, 0.1) is 5.41 Å². The van der Waals surface area contributed by atoms with E-state index < -0.39 is 5.67 Å². The first-order valence-electron chi connectivity index (χ1n) is 4.23. The van der Waals surface area contributed by atoms with E-state index in [2.05, 4.69) is 0 Å². The molecule has 0 saturated carbocycles. The fraction of sp³-hybridized carbons (Fsp3) is 1.00. The number of alkyl halides is 1. The van der Waals surface area contributed by atoms with E-state index in [-0.39, 0.29) is 24.9 Å². The third kappa shape index (κ3) is 2.42. The summed E-state index contributed by atoms with van der Waals surface area (Å²) in [6.07, 6.45) is -0.277. The monoisotopic (exact) mass is 176 g/mol. The summed E-state index contributed by atoms with van der Waals surface area (Å²) in [5.74, 6) is 0. The van der Waals surface area contributed by atoms with Gasteiger partial charge in [0.15, 0.2) is 12.0 Å². The number of hydrogen-bond acceptors (Lipinski definition) is 2. The van der Waals surface area contributed by atoms with Gasteiger partial charge < -0.3 is 9.47 Å². The van der Waals surface area contributed by atoms with Gasteiger partial charge in [-0.05, 0) is 6.92 Å². The average Bonchev–Trinajstić information content (AvgIpc) is 1.83. The summed E-state index contributed by atoms with van der Waals surface area (Å²) >= 11 is 0. The van der Waals surface area contributed by atoms with Crippen molar-refractivity contribution < 1.29 is 13.9 Å². The van der Waals surface area contributed by atoms with Crippen LogP contribution in [0.25, 0.3) is 0 Å². The third-order valence-corrected chi connectivity index (χ3v) is 1.78. The van der Waals surface area contributed by atoms with Crippen LogP contribution in [0.4, 0.5) is 4.39 Å². The van der Waals surface area contributed by atoms with Gasteiger partial charge in [-0.25, -0.2) is 4.39 Å². The largest absolute Gasteiger partial charge is 0.349 e. The lowest BCUT2D eigenvalue weighted by Gasteiger charge is -2.38. The Hall–Kier alpha value is -0.150. The standard InChI is InChI=1S/C9H17FO2/c1-8(2,3)7-11-5-9(4,10)6-12-7/h7H,5-6H2,1-4H3. The maximum atomic E-state index is 13.2. The molecule has 2 nitrogen and oxygen atoms in total. The number of halogens is 1. The molecule has 0 unspecified atom stereocenters. The molecule has 0 bridgehead atoms. The molecule has 0 amide bonds. The zero-order valence-electron chi connectivity index (χ0n) is 8.19. The number of rotatable bonds is 0. The Balaban J connectivity index is 2.47. The molecule has 72 valence electrons. The number of ether oxygens (including phenoxy) is 2. The summed E-state index contributed by atoms with van der Waals surface area (Å²) in [5, 5.41) is 0. The Kier molecular flexibility index (Phi) is 2.45. The SMILES string of the molecule is CC1(F)COC(C(C)(C)C)OC1. The van der Waals surface area contributed by atoms with Crippen LogP contribution in [0.2, 0.25) is 0 Å². The molecule has 1 rings (SSSR count). The summed E-state index contributed by atoms with van der Waals surface area (Å²) in [4.78, 5) is 0. The van der Waals surface area contributed by atoms with Gasteiger partial charge in [0.1, 0.15) is 0 Å². The van der Waals surface area contributed by atoms with Crippen molar-refractivity contribution in [2.75, 3.05) is 13.2 Å². The summed E-state index contributed by atoms with van der Waals surface area (Å²) in [6, 6.07) is 0. The van der Waals surface area contributed by atoms with E-state index >= 15 is 0 Å². The van der Waals surface area contributed by atoms with Crippen LogP contribution in [0.5, 0.6) is 0 Å². The second-order valence-corrected chi connectivity index (χ2v) is 4.73. The van der Waals surface area contributed by atoms with Crippen molar-refractivity contribution in [3.63, 3.8) is 0 Å². The molecule has 1 saturated heterocycles. The second-order valence-electron chi connectivity index (χ2n) is 4.73. The Morgan fingerprint density at radius 2 is 1.67 bits per heavy atom. The summed E-state index contributed by atoms with van der Waals surface area (Å²) in [6.45, 7) is 7.80. The highest BCUT2D eigenvalue weighted by Gasteiger charge is 2.37. The minimum Gasteiger partial charge on any atom is -0.349 e. The highest BCUT2D eigenvalue weighted by atomic mass is 19.1. The highest BCUT2D eigenvalue weighted by molar-refractivity contribution is 4.79. The van der Waals surface area contributed by atoms with Crippen molar-refractivity contribution in [2.24, 2.45) is 5.41 Å². The molecule has 1 aliphatic rings. The van der Waals surface area contributed by atoms with Gasteiger partial charge in [0, 0.05) is 5.41 Å². The van der Waals surface area contributed by atoms with Crippen LogP contribution in [0.3, 0.4) is 0 Å². The molecular formula is C9H17FO2. The van der Waals surface area contributed by atoms with Crippen LogP contribution in [-0.4, -0.2) is 25.2 Å². The minimum atomic E-state index is -1.32. The third-order valence-electron chi connectivity index (χ3n) is 1.78. The first-order valence-corrected chi connectivity index (χ1v) is 4.23. The van der Waals surface area contributed by atoms with E-state index in [1.807, 2.05) is 20.8 Å². The van der Waals surface area contributed by atoms with Crippen LogP contribution in [0.1, 0.15) is 27.7 Å². The van der Waals surface area contributed by atoms with E-state index in [1.165, 1.54) is 6.92 Å². The highest BCUT2D eigenvalue weighted by Crippen LogP contribution is 2.29. The van der Waals surface area contributed by atoms with Gasteiger partial charge in [-0.15, -0.1) is 0 Å². The van der Waals surface area contributed by atoms with Crippen molar-refractivity contribution in [2.45, 2.75) is 39.7 Å². The Labute approximate surface area is 73.0 Å². The molecule has 1 heterocycles. The van der Waals surface area contributed by atoms with E-state index in [9.17, 15) is 4.39 Å². The normalized spacial score (nSPS) is 38.2. The van der Waals surface area contributed by atoms with Gasteiger partial charge in [-0.2, -0.15) is 0 Å². The van der Waals surface area contributed by atoms with Gasteiger partial charge in [0.2, 0.25) is 0 Å². The fourth-order valence-electron chi connectivity index (χ4n) is 1.09. The van der Waals surface area contributed by atoms with E-state index in [4.69, 9.17) is 9.47 Å². The van der Waals surface area contributed by atoms with Crippen LogP contribution in [0.15, 0.2) is 0 Å². The summed E-state index contributed by atoms with van der Waals surface area (Å²) in [5.41, 5.74) is -1.39. The van der Waals surface area contributed by atoms with E-state index in [0.717, 1.165) is 0 Å². The Morgan fingerprint density at radius 1 is 1.25 bits per heavy atom. The molecule has 1 aliphatic heterocycles. The van der Waals surface area contributed by atoms with E-state index in [1.54, 1.807) is 0 Å². The first-order chi connectivity index (χ1) is 5.31. The molecule has 0 N–H and O–H groups in total. The van der Waals surface area contributed by atoms with Gasteiger partial charge in [-0.3, -0.25) is 0 Å². The maximum Gasteiger partial charge on any atom is 0.162 e. The average molecular weight is 176 g/mol. The zero-order chi connectivity index (χ0) is 9.41. The Morgan fingerprint density at radius 3 is 2.00 bits per heavy atom. The molecule has 0 aromatic rings. The summed E-state index contributed by atoms with van der Waals surface area (Å²) in [7, 11) is 0. The minimum absolute atomic E-state index is 0.0729. The van der Waals surface area contributed by atoms with Crippen molar-refractivity contribution in [1.82, 2.24) is 0 Å². The molecular weight excluding hydrogens is 159 g/mol. The molecule has 12 heavy (non-hydrogen) atoms. The van der Waals surface area contributed by atoms with Gasteiger partial charge in [0.05, 0.1) is 13.2 Å². The van der Waals surface area contributed by atoms with Crippen molar-refractivity contribution in [3.8, 4) is 0 Å². The fourth-order valence-corrected chi connectivity index (χ4v) is 1.09. The topological polar surface area (TPSA) is 18.5 Å². The van der Waals surface area contributed by atoms with Crippen molar-refractivity contribution in [3.05, 3.63) is 0 Å². The van der Waals surface area contributed by atoms with Gasteiger partial charge in [0.25, 0.3) is 0 Å². The van der Waals surface area contributed by atoms with Crippen molar-refractivity contribution in [1.29, 1.82) is 0 Å².